The SMILES string of the molecule is COc1ccccc1COc1cc(Br)ccc1[C@@H](C)N. The molecule has 0 heterocycles. The fourth-order valence-electron chi connectivity index (χ4n) is 1.99. The molecule has 2 rings (SSSR count). The fraction of sp³-hybridized carbons (Fsp3) is 0.250. The van der Waals surface area contributed by atoms with E-state index in [0.717, 1.165) is 27.1 Å². The van der Waals surface area contributed by atoms with Crippen molar-refractivity contribution in [3.05, 3.63) is 58.1 Å². The third-order valence-corrected chi connectivity index (χ3v) is 3.54. The largest absolute Gasteiger partial charge is 0.496 e. The number of methoxy groups -OCH3 is 1. The van der Waals surface area contributed by atoms with Gasteiger partial charge >= 0.3 is 0 Å². The Hall–Kier alpha value is -1.52. The van der Waals surface area contributed by atoms with Crippen molar-refractivity contribution < 1.29 is 9.47 Å². The number of ether oxygens (including phenoxy) is 2. The molecule has 2 N–H and O–H groups in total. The first-order valence-corrected chi connectivity index (χ1v) is 7.21. The monoisotopic (exact) mass is 335 g/mol. The van der Waals surface area contributed by atoms with Crippen LogP contribution >= 0.6 is 15.9 Å². The summed E-state index contributed by atoms with van der Waals surface area (Å²) < 4.78 is 12.2. The van der Waals surface area contributed by atoms with Gasteiger partial charge in [0.05, 0.1) is 7.11 Å². The number of para-hydroxylation sites is 1. The molecule has 0 aromatic heterocycles. The van der Waals surface area contributed by atoms with Gasteiger partial charge in [-0.25, -0.2) is 0 Å². The smallest absolute Gasteiger partial charge is 0.125 e. The topological polar surface area (TPSA) is 44.5 Å². The minimum absolute atomic E-state index is 0.0734. The highest BCUT2D eigenvalue weighted by molar-refractivity contribution is 9.10. The van der Waals surface area contributed by atoms with Crippen molar-refractivity contribution in [1.82, 2.24) is 0 Å². The Kier molecular flexibility index (Phi) is 5.04. The highest BCUT2D eigenvalue weighted by Gasteiger charge is 2.10. The average molecular weight is 336 g/mol. The van der Waals surface area contributed by atoms with Gasteiger partial charge in [0, 0.05) is 21.6 Å². The Bertz CT molecular complexity index is 584. The molecule has 0 aliphatic heterocycles. The van der Waals surface area contributed by atoms with Gasteiger partial charge in [0.2, 0.25) is 0 Å². The molecule has 2 aromatic carbocycles. The third kappa shape index (κ3) is 3.52. The number of hydrogen-bond acceptors (Lipinski definition) is 3. The van der Waals surface area contributed by atoms with E-state index in [2.05, 4.69) is 15.9 Å². The zero-order valence-corrected chi connectivity index (χ0v) is 13.2. The van der Waals surface area contributed by atoms with Crippen molar-refractivity contribution in [2.45, 2.75) is 19.6 Å². The summed E-state index contributed by atoms with van der Waals surface area (Å²) in [6, 6.07) is 13.6. The first kappa shape index (κ1) is 14.9. The molecular formula is C16H18BrNO2. The van der Waals surface area contributed by atoms with Crippen molar-refractivity contribution in [3.63, 3.8) is 0 Å². The molecule has 0 aliphatic rings. The van der Waals surface area contributed by atoms with E-state index < -0.39 is 0 Å². The predicted octanol–water partition coefficient (Wildman–Crippen LogP) is 4.06. The molecule has 0 amide bonds. The molecular weight excluding hydrogens is 318 g/mol. The second-order valence-electron chi connectivity index (χ2n) is 4.57. The van der Waals surface area contributed by atoms with Gasteiger partial charge in [0.1, 0.15) is 18.1 Å². The third-order valence-electron chi connectivity index (χ3n) is 3.04. The second kappa shape index (κ2) is 6.77. The van der Waals surface area contributed by atoms with Crippen LogP contribution in [-0.2, 0) is 6.61 Å². The zero-order chi connectivity index (χ0) is 14.5. The first-order chi connectivity index (χ1) is 9.61. The number of hydrogen-bond donors (Lipinski definition) is 1. The van der Waals surface area contributed by atoms with Gasteiger partial charge in [-0.1, -0.05) is 40.2 Å². The molecule has 3 nitrogen and oxygen atoms in total. The average Bonchev–Trinajstić information content (AvgIpc) is 2.45. The van der Waals surface area contributed by atoms with E-state index in [0.29, 0.717) is 6.61 Å². The Morgan fingerprint density at radius 2 is 1.90 bits per heavy atom. The lowest BCUT2D eigenvalue weighted by atomic mass is 10.1. The summed E-state index contributed by atoms with van der Waals surface area (Å²) in [6.07, 6.45) is 0. The van der Waals surface area contributed by atoms with Gasteiger partial charge in [-0.15, -0.1) is 0 Å². The number of nitrogens with two attached hydrogens (primary N) is 1. The lowest BCUT2D eigenvalue weighted by Crippen LogP contribution is -2.08. The maximum Gasteiger partial charge on any atom is 0.125 e. The first-order valence-electron chi connectivity index (χ1n) is 6.41. The van der Waals surface area contributed by atoms with Crippen LogP contribution in [0.5, 0.6) is 11.5 Å². The lowest BCUT2D eigenvalue weighted by molar-refractivity contribution is 0.292. The molecule has 4 heteroatoms. The van der Waals surface area contributed by atoms with Crippen molar-refractivity contribution >= 4 is 15.9 Å². The summed E-state index contributed by atoms with van der Waals surface area (Å²) in [5.74, 6) is 1.62. The van der Waals surface area contributed by atoms with E-state index >= 15 is 0 Å². The van der Waals surface area contributed by atoms with Crippen LogP contribution in [0, 0.1) is 0 Å². The molecule has 20 heavy (non-hydrogen) atoms. The van der Waals surface area contributed by atoms with Crippen molar-refractivity contribution in [1.29, 1.82) is 0 Å². The van der Waals surface area contributed by atoms with Gasteiger partial charge in [0.25, 0.3) is 0 Å². The molecule has 0 fully saturated rings. The van der Waals surface area contributed by atoms with E-state index in [1.807, 2.05) is 49.4 Å². The van der Waals surface area contributed by atoms with E-state index in [1.165, 1.54) is 0 Å². The molecule has 0 unspecified atom stereocenters. The molecule has 1 atom stereocenters. The van der Waals surface area contributed by atoms with Crippen LogP contribution in [0.1, 0.15) is 24.1 Å². The van der Waals surface area contributed by atoms with Crippen LogP contribution in [0.4, 0.5) is 0 Å². The zero-order valence-electron chi connectivity index (χ0n) is 11.6. The van der Waals surface area contributed by atoms with Gasteiger partial charge in [-0.2, -0.15) is 0 Å². The number of rotatable bonds is 5. The van der Waals surface area contributed by atoms with Crippen molar-refractivity contribution in [3.8, 4) is 11.5 Å². The minimum atomic E-state index is -0.0734. The fourth-order valence-corrected chi connectivity index (χ4v) is 2.33. The van der Waals surface area contributed by atoms with Crippen LogP contribution in [0.2, 0.25) is 0 Å². The summed E-state index contributed by atoms with van der Waals surface area (Å²) in [7, 11) is 1.66. The highest BCUT2D eigenvalue weighted by Crippen LogP contribution is 2.29. The number of benzene rings is 2. The molecule has 106 valence electrons. The molecule has 2 aromatic rings. The number of halogens is 1. The van der Waals surface area contributed by atoms with Crippen LogP contribution in [-0.4, -0.2) is 7.11 Å². The van der Waals surface area contributed by atoms with E-state index in [-0.39, 0.29) is 6.04 Å². The predicted molar refractivity (Wildman–Crippen MR) is 84.1 cm³/mol. The molecule has 0 saturated carbocycles. The van der Waals surface area contributed by atoms with E-state index in [4.69, 9.17) is 15.2 Å². The normalized spacial score (nSPS) is 12.0. The van der Waals surface area contributed by atoms with Crippen molar-refractivity contribution in [2.75, 3.05) is 7.11 Å². The van der Waals surface area contributed by atoms with Crippen LogP contribution < -0.4 is 15.2 Å². The van der Waals surface area contributed by atoms with E-state index in [9.17, 15) is 0 Å². The molecule has 0 aliphatic carbocycles. The van der Waals surface area contributed by atoms with Crippen LogP contribution in [0.25, 0.3) is 0 Å². The van der Waals surface area contributed by atoms with E-state index in [1.54, 1.807) is 7.11 Å². The Morgan fingerprint density at radius 3 is 2.60 bits per heavy atom. The Morgan fingerprint density at radius 1 is 1.15 bits per heavy atom. The second-order valence-corrected chi connectivity index (χ2v) is 5.49. The van der Waals surface area contributed by atoms with Gasteiger partial charge in [-0.3, -0.25) is 0 Å². The summed E-state index contributed by atoms with van der Waals surface area (Å²) >= 11 is 3.45. The van der Waals surface area contributed by atoms with Gasteiger partial charge in [0.15, 0.2) is 0 Å². The Balaban J connectivity index is 2.20. The molecule has 0 bridgehead atoms. The maximum atomic E-state index is 5.97. The summed E-state index contributed by atoms with van der Waals surface area (Å²) in [4.78, 5) is 0. The maximum absolute atomic E-state index is 5.97. The summed E-state index contributed by atoms with van der Waals surface area (Å²) in [5.41, 5.74) is 7.96. The Labute approximate surface area is 127 Å². The molecule has 0 spiro atoms. The highest BCUT2D eigenvalue weighted by atomic mass is 79.9. The van der Waals surface area contributed by atoms with Crippen LogP contribution in [0.3, 0.4) is 0 Å². The molecule has 0 saturated heterocycles. The van der Waals surface area contributed by atoms with Crippen LogP contribution in [0.15, 0.2) is 46.9 Å². The quantitative estimate of drug-likeness (QED) is 0.896. The van der Waals surface area contributed by atoms with Gasteiger partial charge in [-0.05, 0) is 25.1 Å². The van der Waals surface area contributed by atoms with Gasteiger partial charge < -0.3 is 15.2 Å². The van der Waals surface area contributed by atoms with Crippen molar-refractivity contribution in [2.24, 2.45) is 5.73 Å². The summed E-state index contributed by atoms with van der Waals surface area (Å²) in [6.45, 7) is 2.39. The molecule has 0 radical (unpaired) electrons. The standard InChI is InChI=1S/C16H18BrNO2/c1-11(18)14-8-7-13(17)9-16(14)20-10-12-5-3-4-6-15(12)19-2/h3-9,11H,10,18H2,1-2H3/t11-/m1/s1. The summed E-state index contributed by atoms with van der Waals surface area (Å²) in [5, 5.41) is 0. The minimum Gasteiger partial charge on any atom is -0.496 e. The lowest BCUT2D eigenvalue weighted by Gasteiger charge is -2.15.